The van der Waals surface area contributed by atoms with Gasteiger partial charge >= 0.3 is 0 Å². The van der Waals surface area contributed by atoms with Crippen molar-refractivity contribution in [1.29, 1.82) is 0 Å². The number of carboxylic acids is 1. The molecule has 0 fully saturated rings. The third-order valence-corrected chi connectivity index (χ3v) is 2.50. The van der Waals surface area contributed by atoms with Crippen molar-refractivity contribution in [3.63, 3.8) is 0 Å². The third kappa shape index (κ3) is 1.36. The zero-order valence-corrected chi connectivity index (χ0v) is 8.38. The van der Waals surface area contributed by atoms with Gasteiger partial charge in [-0.3, -0.25) is 4.68 Å². The van der Waals surface area contributed by atoms with Gasteiger partial charge in [0, 0.05) is 6.54 Å². The minimum absolute atomic E-state index is 0.106. The molecule has 1 heterocycles. The Balaban J connectivity index is 3.31. The minimum atomic E-state index is -1.20. The molecule has 0 aliphatic carbocycles. The molecule has 4 nitrogen and oxygen atoms in total. The van der Waals surface area contributed by atoms with E-state index < -0.39 is 5.97 Å². The Morgan fingerprint density at radius 3 is 2.67 bits per heavy atom. The lowest BCUT2D eigenvalue weighted by Crippen LogP contribution is -2.26. The summed E-state index contributed by atoms with van der Waals surface area (Å²) in [6.45, 7) is 4.09. The minimum Gasteiger partial charge on any atom is -0.543 e. The van der Waals surface area contributed by atoms with Crippen LogP contribution in [0.5, 0.6) is 0 Å². The van der Waals surface area contributed by atoms with Gasteiger partial charge in [0.15, 0.2) is 0 Å². The van der Waals surface area contributed by atoms with Crippen LogP contribution in [-0.2, 0) is 6.54 Å². The number of hydrogen-bond acceptors (Lipinski definition) is 3. The van der Waals surface area contributed by atoms with Gasteiger partial charge in [-0.1, -0.05) is 0 Å². The standard InChI is InChI=1S/C7H9BrN2O2/c1-3-10-6(7(11)12)5(8)4(2)9-10/h3H2,1-2H3,(H,11,12)/p-1. The van der Waals surface area contributed by atoms with Crippen LogP contribution >= 0.6 is 15.9 Å². The van der Waals surface area contributed by atoms with Crippen LogP contribution in [0, 0.1) is 6.92 Å². The zero-order valence-electron chi connectivity index (χ0n) is 6.80. The Bertz CT molecular complexity index is 319. The molecule has 0 amide bonds. The lowest BCUT2D eigenvalue weighted by Gasteiger charge is -2.04. The molecule has 0 bridgehead atoms. The molecule has 0 unspecified atom stereocenters. The SMILES string of the molecule is CCn1nc(C)c(Br)c1C(=O)[O-]. The molecular weight excluding hydrogens is 224 g/mol. The smallest absolute Gasteiger partial charge is 0.0982 e. The van der Waals surface area contributed by atoms with Gasteiger partial charge in [-0.15, -0.1) is 0 Å². The van der Waals surface area contributed by atoms with Crippen molar-refractivity contribution >= 4 is 21.9 Å². The second-order valence-corrected chi connectivity index (χ2v) is 3.14. The Morgan fingerprint density at radius 2 is 2.33 bits per heavy atom. The summed E-state index contributed by atoms with van der Waals surface area (Å²) in [5.74, 6) is -1.20. The Kier molecular flexibility index (Phi) is 2.52. The van der Waals surface area contributed by atoms with E-state index in [1.54, 1.807) is 6.92 Å². The van der Waals surface area contributed by atoms with Crippen LogP contribution in [0.3, 0.4) is 0 Å². The summed E-state index contributed by atoms with van der Waals surface area (Å²) in [5.41, 5.74) is 0.769. The number of aromatic nitrogens is 2. The van der Waals surface area contributed by atoms with Crippen LogP contribution in [0.1, 0.15) is 23.1 Å². The number of hydrogen-bond donors (Lipinski definition) is 0. The predicted octanol–water partition coefficient (Wildman–Crippen LogP) is 0.337. The predicted molar refractivity (Wildman–Crippen MR) is 44.7 cm³/mol. The fourth-order valence-electron chi connectivity index (χ4n) is 0.983. The van der Waals surface area contributed by atoms with Gasteiger partial charge in [-0.25, -0.2) is 0 Å². The van der Waals surface area contributed by atoms with Gasteiger partial charge in [-0.2, -0.15) is 5.10 Å². The molecule has 0 saturated carbocycles. The largest absolute Gasteiger partial charge is 0.543 e. The Morgan fingerprint density at radius 1 is 1.75 bits per heavy atom. The molecule has 0 saturated heterocycles. The van der Waals surface area contributed by atoms with Crippen LogP contribution in [0.15, 0.2) is 4.47 Å². The zero-order chi connectivity index (χ0) is 9.30. The lowest BCUT2D eigenvalue weighted by atomic mass is 10.4. The molecule has 0 atom stereocenters. The maximum Gasteiger partial charge on any atom is 0.0982 e. The monoisotopic (exact) mass is 231 g/mol. The molecule has 12 heavy (non-hydrogen) atoms. The van der Waals surface area contributed by atoms with Gasteiger partial charge < -0.3 is 9.90 Å². The maximum atomic E-state index is 10.6. The topological polar surface area (TPSA) is 58.0 Å². The van der Waals surface area contributed by atoms with Crippen molar-refractivity contribution in [3.05, 3.63) is 15.9 Å². The maximum absolute atomic E-state index is 10.6. The molecule has 0 aliphatic rings. The third-order valence-electron chi connectivity index (χ3n) is 1.55. The highest BCUT2D eigenvalue weighted by Gasteiger charge is 2.11. The van der Waals surface area contributed by atoms with Gasteiger partial charge in [0.1, 0.15) is 0 Å². The summed E-state index contributed by atoms with van der Waals surface area (Å²) in [4.78, 5) is 10.6. The van der Waals surface area contributed by atoms with Gasteiger partial charge in [-0.05, 0) is 29.8 Å². The van der Waals surface area contributed by atoms with E-state index in [9.17, 15) is 9.90 Å². The molecular formula is C7H8BrN2O2-. The first-order valence-electron chi connectivity index (χ1n) is 3.52. The molecule has 0 spiro atoms. The molecule has 0 N–H and O–H groups in total. The van der Waals surface area contributed by atoms with E-state index in [0.717, 1.165) is 0 Å². The molecule has 66 valence electrons. The van der Waals surface area contributed by atoms with E-state index in [0.29, 0.717) is 16.7 Å². The molecule has 0 aliphatic heterocycles. The van der Waals surface area contributed by atoms with Crippen LogP contribution in [0.4, 0.5) is 0 Å². The van der Waals surface area contributed by atoms with E-state index in [-0.39, 0.29) is 5.69 Å². The highest BCUT2D eigenvalue weighted by atomic mass is 79.9. The van der Waals surface area contributed by atoms with Crippen molar-refractivity contribution in [2.75, 3.05) is 0 Å². The highest BCUT2D eigenvalue weighted by Crippen LogP contribution is 2.19. The summed E-state index contributed by atoms with van der Waals surface area (Å²) in [6, 6.07) is 0. The summed E-state index contributed by atoms with van der Waals surface area (Å²) < 4.78 is 1.90. The number of aromatic carboxylic acids is 1. The fraction of sp³-hybridized carbons (Fsp3) is 0.429. The molecule has 1 aromatic heterocycles. The summed E-state index contributed by atoms with van der Waals surface area (Å²) in [7, 11) is 0. The number of carbonyl (C=O) groups is 1. The van der Waals surface area contributed by atoms with E-state index >= 15 is 0 Å². The van der Waals surface area contributed by atoms with Gasteiger partial charge in [0.05, 0.1) is 21.8 Å². The van der Waals surface area contributed by atoms with E-state index in [1.165, 1.54) is 4.68 Å². The van der Waals surface area contributed by atoms with E-state index in [1.807, 2.05) is 6.92 Å². The van der Waals surface area contributed by atoms with Crippen molar-refractivity contribution in [2.24, 2.45) is 0 Å². The van der Waals surface area contributed by atoms with Crippen LogP contribution < -0.4 is 5.11 Å². The Hall–Kier alpha value is -0.840. The highest BCUT2D eigenvalue weighted by molar-refractivity contribution is 9.10. The van der Waals surface area contributed by atoms with E-state index in [2.05, 4.69) is 21.0 Å². The fourth-order valence-corrected chi connectivity index (χ4v) is 1.43. The number of rotatable bonds is 2. The van der Waals surface area contributed by atoms with Crippen LogP contribution in [0.2, 0.25) is 0 Å². The summed E-state index contributed by atoms with van der Waals surface area (Å²) >= 11 is 3.14. The van der Waals surface area contributed by atoms with E-state index in [4.69, 9.17) is 0 Å². The quantitative estimate of drug-likeness (QED) is 0.738. The number of carboxylic acid groups (broad SMARTS) is 1. The number of aryl methyl sites for hydroxylation is 2. The first-order valence-corrected chi connectivity index (χ1v) is 4.31. The van der Waals surface area contributed by atoms with Crippen molar-refractivity contribution in [1.82, 2.24) is 9.78 Å². The molecule has 1 aromatic rings. The molecule has 0 radical (unpaired) electrons. The van der Waals surface area contributed by atoms with Crippen molar-refractivity contribution < 1.29 is 9.90 Å². The molecule has 1 rings (SSSR count). The Labute approximate surface area is 78.3 Å². The first kappa shape index (κ1) is 9.25. The first-order chi connectivity index (χ1) is 5.57. The number of nitrogens with zero attached hydrogens (tertiary/aromatic N) is 2. The summed E-state index contributed by atoms with van der Waals surface area (Å²) in [6.07, 6.45) is 0. The van der Waals surface area contributed by atoms with Gasteiger partial charge in [0.2, 0.25) is 0 Å². The van der Waals surface area contributed by atoms with Crippen molar-refractivity contribution in [3.8, 4) is 0 Å². The normalized spacial score (nSPS) is 10.2. The summed E-state index contributed by atoms with van der Waals surface area (Å²) in [5, 5.41) is 14.6. The number of halogens is 1. The van der Waals surface area contributed by atoms with Crippen LogP contribution in [-0.4, -0.2) is 15.7 Å². The average molecular weight is 232 g/mol. The van der Waals surface area contributed by atoms with Crippen molar-refractivity contribution in [2.45, 2.75) is 20.4 Å². The second-order valence-electron chi connectivity index (χ2n) is 2.35. The van der Waals surface area contributed by atoms with Crippen LogP contribution in [0.25, 0.3) is 0 Å². The average Bonchev–Trinajstić information content (AvgIpc) is 2.28. The number of carbonyl (C=O) groups excluding carboxylic acids is 1. The molecule has 5 heteroatoms. The second kappa shape index (κ2) is 3.26. The molecule has 0 aromatic carbocycles. The lowest BCUT2D eigenvalue weighted by molar-refractivity contribution is -0.255. The van der Waals surface area contributed by atoms with Gasteiger partial charge in [0.25, 0.3) is 0 Å².